The molecule has 1 atom stereocenters. The van der Waals surface area contributed by atoms with Crippen LogP contribution in [0.1, 0.15) is 5.56 Å². The fraction of sp³-hybridized carbons (Fsp3) is 0.333. The van der Waals surface area contributed by atoms with Crippen LogP contribution >= 0.6 is 10.7 Å². The summed E-state index contributed by atoms with van der Waals surface area (Å²) < 4.78 is 21.6. The van der Waals surface area contributed by atoms with E-state index in [0.717, 1.165) is 17.7 Å². The normalized spacial score (nSPS) is 15.9. The van der Waals surface area contributed by atoms with Crippen LogP contribution in [-0.2, 0) is 16.4 Å². The monoisotopic (exact) mass is 232 g/mol. The molecule has 5 heteroatoms. The Balaban J connectivity index is 2.54. The molecular formula is C9H9ClO3S. The molecule has 1 unspecified atom stereocenters. The van der Waals surface area contributed by atoms with Gasteiger partial charge < -0.3 is 9.47 Å². The number of fused-ring (bicyclic) bond motifs is 1. The van der Waals surface area contributed by atoms with Gasteiger partial charge in [0.25, 0.3) is 0 Å². The van der Waals surface area contributed by atoms with Gasteiger partial charge >= 0.3 is 0 Å². The van der Waals surface area contributed by atoms with Crippen molar-refractivity contribution in [3.05, 3.63) is 17.7 Å². The molecular weight excluding hydrogens is 224 g/mol. The fourth-order valence-corrected chi connectivity index (χ4v) is 2.33. The molecule has 0 N–H and O–H groups in total. The summed E-state index contributed by atoms with van der Waals surface area (Å²) in [4.78, 5) is 0.467. The van der Waals surface area contributed by atoms with Gasteiger partial charge in [-0.15, -0.1) is 0 Å². The zero-order chi connectivity index (χ0) is 10.1. The summed E-state index contributed by atoms with van der Waals surface area (Å²) in [6, 6.07) is 3.52. The van der Waals surface area contributed by atoms with Crippen molar-refractivity contribution in [3.8, 4) is 11.5 Å². The molecule has 0 bridgehead atoms. The minimum Gasteiger partial charge on any atom is -0.495 e. The molecule has 0 saturated carbocycles. The lowest BCUT2D eigenvalue weighted by Crippen LogP contribution is -1.92. The minimum absolute atomic E-state index is 0.467. The topological polar surface area (TPSA) is 35.5 Å². The van der Waals surface area contributed by atoms with Crippen molar-refractivity contribution < 1.29 is 13.7 Å². The van der Waals surface area contributed by atoms with Crippen LogP contribution in [0, 0.1) is 0 Å². The van der Waals surface area contributed by atoms with E-state index in [1.807, 2.05) is 6.07 Å². The quantitative estimate of drug-likeness (QED) is 0.731. The average molecular weight is 233 g/mol. The van der Waals surface area contributed by atoms with E-state index in [4.69, 9.17) is 20.2 Å². The molecule has 1 heterocycles. The van der Waals surface area contributed by atoms with E-state index in [1.165, 1.54) is 7.11 Å². The summed E-state index contributed by atoms with van der Waals surface area (Å²) in [6.45, 7) is 0.664. The van der Waals surface area contributed by atoms with Crippen molar-refractivity contribution in [2.75, 3.05) is 13.7 Å². The number of hydrogen-bond acceptors (Lipinski definition) is 3. The van der Waals surface area contributed by atoms with E-state index in [2.05, 4.69) is 0 Å². The van der Waals surface area contributed by atoms with Crippen LogP contribution in [0.5, 0.6) is 11.5 Å². The molecule has 76 valence electrons. The van der Waals surface area contributed by atoms with Crippen LogP contribution in [0.3, 0.4) is 0 Å². The predicted molar refractivity (Wildman–Crippen MR) is 54.5 cm³/mol. The Morgan fingerprint density at radius 3 is 3.00 bits per heavy atom. The Hall–Kier alpha value is -0.740. The van der Waals surface area contributed by atoms with Gasteiger partial charge in [0.2, 0.25) is 0 Å². The molecule has 0 saturated heterocycles. The van der Waals surface area contributed by atoms with E-state index in [9.17, 15) is 4.21 Å². The zero-order valence-corrected chi connectivity index (χ0v) is 9.15. The van der Waals surface area contributed by atoms with E-state index >= 15 is 0 Å². The van der Waals surface area contributed by atoms with Crippen molar-refractivity contribution in [2.24, 2.45) is 0 Å². The van der Waals surface area contributed by atoms with Gasteiger partial charge in [0.1, 0.15) is 16.4 Å². The molecule has 2 rings (SSSR count). The maximum Gasteiger partial charge on any atom is 0.151 e. The fourth-order valence-electron chi connectivity index (χ4n) is 1.47. The largest absolute Gasteiger partial charge is 0.495 e. The first-order valence-corrected chi connectivity index (χ1v) is 6.11. The Morgan fingerprint density at radius 1 is 1.57 bits per heavy atom. The summed E-state index contributed by atoms with van der Waals surface area (Å²) in [6.07, 6.45) is 0.862. The molecule has 0 spiro atoms. The Kier molecular flexibility index (Phi) is 2.65. The third-order valence-corrected chi connectivity index (χ3v) is 3.31. The van der Waals surface area contributed by atoms with Gasteiger partial charge in [-0.25, -0.2) is 4.21 Å². The molecule has 3 nitrogen and oxygen atoms in total. The van der Waals surface area contributed by atoms with Crippen molar-refractivity contribution in [1.29, 1.82) is 0 Å². The van der Waals surface area contributed by atoms with Gasteiger partial charge in [-0.2, -0.15) is 0 Å². The lowest BCUT2D eigenvalue weighted by Gasteiger charge is -2.07. The molecule has 0 aliphatic carbocycles. The van der Waals surface area contributed by atoms with E-state index in [0.29, 0.717) is 17.3 Å². The van der Waals surface area contributed by atoms with Crippen molar-refractivity contribution in [2.45, 2.75) is 11.3 Å². The first-order chi connectivity index (χ1) is 6.72. The second-order valence-electron chi connectivity index (χ2n) is 2.93. The summed E-state index contributed by atoms with van der Waals surface area (Å²) >= 11 is 0. The number of hydrogen-bond donors (Lipinski definition) is 0. The summed E-state index contributed by atoms with van der Waals surface area (Å²) in [5, 5.41) is 0. The molecule has 0 fully saturated rings. The highest BCUT2D eigenvalue weighted by atomic mass is 35.7. The van der Waals surface area contributed by atoms with Crippen LogP contribution in [0.2, 0.25) is 0 Å². The zero-order valence-electron chi connectivity index (χ0n) is 7.58. The smallest absolute Gasteiger partial charge is 0.151 e. The SMILES string of the molecule is COc1cc2c(cc1S(=O)Cl)OCC2. The van der Waals surface area contributed by atoms with E-state index in [1.54, 1.807) is 6.07 Å². The standard InChI is InChI=1S/C9H9ClO3S/c1-12-8-4-6-2-3-13-7(6)5-9(8)14(10)11/h4-5H,2-3H2,1H3. The van der Waals surface area contributed by atoms with Gasteiger partial charge in [-0.3, -0.25) is 0 Å². The van der Waals surface area contributed by atoms with Crippen LogP contribution in [0.25, 0.3) is 0 Å². The van der Waals surface area contributed by atoms with Crippen molar-refractivity contribution in [1.82, 2.24) is 0 Å². The number of benzene rings is 1. The summed E-state index contributed by atoms with van der Waals surface area (Å²) in [5.74, 6) is 1.32. The first-order valence-electron chi connectivity index (χ1n) is 4.14. The third kappa shape index (κ3) is 1.60. The number of ether oxygens (including phenoxy) is 2. The average Bonchev–Trinajstić information content (AvgIpc) is 2.62. The molecule has 1 aromatic carbocycles. The van der Waals surface area contributed by atoms with Gasteiger partial charge in [-0.05, 0) is 16.7 Å². The lowest BCUT2D eigenvalue weighted by atomic mass is 10.1. The molecule has 0 radical (unpaired) electrons. The van der Waals surface area contributed by atoms with Crippen molar-refractivity contribution in [3.63, 3.8) is 0 Å². The van der Waals surface area contributed by atoms with Gasteiger partial charge in [0.05, 0.1) is 13.7 Å². The van der Waals surface area contributed by atoms with E-state index < -0.39 is 10.0 Å². The Morgan fingerprint density at radius 2 is 2.36 bits per heavy atom. The lowest BCUT2D eigenvalue weighted by molar-refractivity contribution is 0.355. The van der Waals surface area contributed by atoms with Crippen molar-refractivity contribution >= 4 is 20.7 Å². The highest BCUT2D eigenvalue weighted by Crippen LogP contribution is 2.35. The second-order valence-corrected chi connectivity index (χ2v) is 4.66. The highest BCUT2D eigenvalue weighted by Gasteiger charge is 2.18. The summed E-state index contributed by atoms with van der Waals surface area (Å²) in [5.41, 5.74) is 1.08. The maximum absolute atomic E-state index is 11.2. The third-order valence-electron chi connectivity index (χ3n) is 2.15. The second kappa shape index (κ2) is 3.79. The maximum atomic E-state index is 11.2. The van der Waals surface area contributed by atoms with Crippen LogP contribution in [0.15, 0.2) is 17.0 Å². The number of methoxy groups -OCH3 is 1. The number of halogens is 1. The molecule has 1 aliphatic rings. The van der Waals surface area contributed by atoms with Crippen LogP contribution in [0.4, 0.5) is 0 Å². The minimum atomic E-state index is -1.57. The predicted octanol–water partition coefficient (Wildman–Crippen LogP) is 1.89. The van der Waals surface area contributed by atoms with Gasteiger partial charge in [0, 0.05) is 18.1 Å². The first kappa shape index (κ1) is 9.80. The molecule has 14 heavy (non-hydrogen) atoms. The van der Waals surface area contributed by atoms with E-state index in [-0.39, 0.29) is 0 Å². The highest BCUT2D eigenvalue weighted by molar-refractivity contribution is 8.08. The van der Waals surface area contributed by atoms with Gasteiger partial charge in [-0.1, -0.05) is 0 Å². The number of rotatable bonds is 2. The molecule has 0 amide bonds. The molecule has 0 aromatic heterocycles. The molecule has 1 aromatic rings. The summed E-state index contributed by atoms with van der Waals surface area (Å²) in [7, 11) is 5.49. The van der Waals surface area contributed by atoms with Crippen LogP contribution < -0.4 is 9.47 Å². The molecule has 1 aliphatic heterocycles. The Bertz CT molecular complexity index is 392. The van der Waals surface area contributed by atoms with Gasteiger partial charge in [0.15, 0.2) is 10.0 Å². The van der Waals surface area contributed by atoms with Crippen LogP contribution in [-0.4, -0.2) is 17.9 Å². The Labute approximate surface area is 88.9 Å².